The van der Waals surface area contributed by atoms with Crippen LogP contribution in [0.25, 0.3) is 11.3 Å². The summed E-state index contributed by atoms with van der Waals surface area (Å²) >= 11 is 0. The van der Waals surface area contributed by atoms with Gasteiger partial charge in [-0.15, -0.1) is 0 Å². The first-order valence-electron chi connectivity index (χ1n) is 14.4. The van der Waals surface area contributed by atoms with Crippen LogP contribution in [0.4, 0.5) is 0 Å². The number of aryl methyl sites for hydroxylation is 1. The summed E-state index contributed by atoms with van der Waals surface area (Å²) in [7, 11) is 3.00. The van der Waals surface area contributed by atoms with Gasteiger partial charge in [0.25, 0.3) is 17.7 Å². The van der Waals surface area contributed by atoms with Gasteiger partial charge in [0.2, 0.25) is 0 Å². The van der Waals surface area contributed by atoms with Crippen molar-refractivity contribution in [1.29, 1.82) is 0 Å². The van der Waals surface area contributed by atoms with E-state index in [1.165, 1.54) is 20.3 Å². The first kappa shape index (κ1) is 29.5. The number of nitrogens with one attached hydrogen (secondary N) is 2. The first-order valence-corrected chi connectivity index (χ1v) is 14.4. The third-order valence-electron chi connectivity index (χ3n) is 7.76. The van der Waals surface area contributed by atoms with Crippen LogP contribution in [-0.2, 0) is 11.3 Å². The number of hydrogen-bond acceptors (Lipinski definition) is 9. The number of amides is 3. The molecule has 3 aliphatic rings. The number of carbonyl (C=O) groups is 3. The average molecular weight is 613 g/mol. The predicted octanol–water partition coefficient (Wildman–Crippen LogP) is 3.38. The maximum Gasteiger partial charge on any atom is 0.259 e. The minimum absolute atomic E-state index is 0.162. The molecule has 0 aliphatic carbocycles. The molecule has 7 rings (SSSR count). The van der Waals surface area contributed by atoms with Gasteiger partial charge in [-0.1, -0.05) is 35.5 Å². The molecule has 3 aromatic carbocycles. The second-order valence-electron chi connectivity index (χ2n) is 10.7. The van der Waals surface area contributed by atoms with E-state index in [0.717, 1.165) is 11.1 Å². The Balaban J connectivity index is 1.35. The number of benzene rings is 3. The lowest BCUT2D eigenvalue weighted by molar-refractivity contribution is -0.123. The monoisotopic (exact) mass is 612 g/mol. The molecule has 232 valence electrons. The molecule has 1 fully saturated rings. The van der Waals surface area contributed by atoms with Gasteiger partial charge in [-0.25, -0.2) is 0 Å². The number of nitrogens with zero attached hydrogens (tertiary/aromatic N) is 2. The molecule has 12 nitrogen and oxygen atoms in total. The quantitative estimate of drug-likeness (QED) is 0.355. The van der Waals surface area contributed by atoms with Crippen LogP contribution in [-0.4, -0.2) is 73.8 Å². The highest BCUT2D eigenvalue weighted by molar-refractivity contribution is 6.01. The van der Waals surface area contributed by atoms with E-state index in [1.807, 2.05) is 30.3 Å². The van der Waals surface area contributed by atoms with Gasteiger partial charge in [0.1, 0.15) is 46.1 Å². The lowest BCUT2D eigenvalue weighted by Gasteiger charge is -2.22. The van der Waals surface area contributed by atoms with Crippen molar-refractivity contribution in [3.63, 3.8) is 0 Å². The maximum absolute atomic E-state index is 14.0. The third kappa shape index (κ3) is 6.26. The molecule has 1 aromatic heterocycles. The molecule has 45 heavy (non-hydrogen) atoms. The van der Waals surface area contributed by atoms with Crippen molar-refractivity contribution in [2.75, 3.05) is 33.9 Å². The Hall–Kier alpha value is -5.52. The van der Waals surface area contributed by atoms with E-state index in [2.05, 4.69) is 15.8 Å². The summed E-state index contributed by atoms with van der Waals surface area (Å²) in [5, 5.41) is 10.0. The number of likely N-dealkylation sites (tertiary alicyclic amines) is 1. The molecule has 0 unspecified atom stereocenters. The van der Waals surface area contributed by atoms with Crippen LogP contribution in [0.1, 0.15) is 32.0 Å². The summed E-state index contributed by atoms with van der Waals surface area (Å²) in [6, 6.07) is 18.7. The number of aromatic nitrogens is 1. The van der Waals surface area contributed by atoms with Gasteiger partial charge in [-0.05, 0) is 31.2 Å². The fourth-order valence-corrected chi connectivity index (χ4v) is 5.44. The van der Waals surface area contributed by atoms with Crippen molar-refractivity contribution in [2.24, 2.45) is 0 Å². The predicted molar refractivity (Wildman–Crippen MR) is 162 cm³/mol. The smallest absolute Gasteiger partial charge is 0.259 e. The molecule has 12 heteroatoms. The number of methoxy groups -OCH3 is 2. The van der Waals surface area contributed by atoms with E-state index < -0.39 is 18.1 Å². The van der Waals surface area contributed by atoms with Gasteiger partial charge < -0.3 is 39.0 Å². The molecule has 2 atom stereocenters. The molecule has 4 heterocycles. The Kier molecular flexibility index (Phi) is 8.28. The van der Waals surface area contributed by atoms with Gasteiger partial charge in [-0.2, -0.15) is 0 Å². The number of carbonyl (C=O) groups excluding carboxylic acids is 3. The SMILES string of the molecule is COc1cc2cc(c1)C(=O)N[C@H]1CN(C(=O)c3c(-c4ccccc4)noc3C)C[C@@H]1Oc1ccc(c(OC)c1)CNC(=O)CO2. The van der Waals surface area contributed by atoms with E-state index in [4.69, 9.17) is 23.5 Å². The molecule has 4 bridgehead atoms. The van der Waals surface area contributed by atoms with Crippen LogP contribution < -0.4 is 29.6 Å². The van der Waals surface area contributed by atoms with Crippen LogP contribution in [0, 0.1) is 6.92 Å². The number of ether oxygens (including phenoxy) is 4. The van der Waals surface area contributed by atoms with Crippen molar-refractivity contribution in [2.45, 2.75) is 25.6 Å². The number of hydrogen-bond donors (Lipinski definition) is 2. The highest BCUT2D eigenvalue weighted by atomic mass is 16.5. The van der Waals surface area contributed by atoms with Gasteiger partial charge in [0, 0.05) is 41.9 Å². The van der Waals surface area contributed by atoms with E-state index in [9.17, 15) is 14.4 Å². The molecule has 0 saturated carbocycles. The Morgan fingerprint density at radius 3 is 2.56 bits per heavy atom. The fourth-order valence-electron chi connectivity index (χ4n) is 5.44. The molecular weight excluding hydrogens is 580 g/mol. The lowest BCUT2D eigenvalue weighted by Crippen LogP contribution is -2.45. The Bertz CT molecular complexity index is 1740. The second kappa shape index (κ2) is 12.6. The minimum Gasteiger partial charge on any atom is -0.497 e. The van der Waals surface area contributed by atoms with E-state index in [0.29, 0.717) is 34.3 Å². The number of fused-ring (bicyclic) bond motifs is 7. The van der Waals surface area contributed by atoms with Gasteiger partial charge >= 0.3 is 0 Å². The van der Waals surface area contributed by atoms with E-state index in [1.54, 1.807) is 42.2 Å². The molecule has 4 aromatic rings. The van der Waals surface area contributed by atoms with Crippen LogP contribution in [0.2, 0.25) is 0 Å². The van der Waals surface area contributed by atoms with Crippen molar-refractivity contribution in [1.82, 2.24) is 20.7 Å². The van der Waals surface area contributed by atoms with Crippen molar-refractivity contribution < 1.29 is 37.9 Å². The average Bonchev–Trinajstić information content (AvgIpc) is 3.65. The van der Waals surface area contributed by atoms with Gasteiger partial charge in [-0.3, -0.25) is 14.4 Å². The summed E-state index contributed by atoms with van der Waals surface area (Å²) < 4.78 is 28.5. The van der Waals surface area contributed by atoms with Crippen LogP contribution >= 0.6 is 0 Å². The molecule has 1 saturated heterocycles. The topological polar surface area (TPSA) is 141 Å². The summed E-state index contributed by atoms with van der Waals surface area (Å²) in [4.78, 5) is 41.8. The number of rotatable bonds is 4. The largest absolute Gasteiger partial charge is 0.497 e. The molecule has 2 N–H and O–H groups in total. The molecular formula is C33H32N4O8. The van der Waals surface area contributed by atoms with Crippen molar-refractivity contribution in [3.8, 4) is 34.3 Å². The first-order chi connectivity index (χ1) is 21.8. The highest BCUT2D eigenvalue weighted by Gasteiger charge is 2.40. The van der Waals surface area contributed by atoms with Gasteiger partial charge in [0.05, 0.1) is 26.8 Å². The van der Waals surface area contributed by atoms with Gasteiger partial charge in [0.15, 0.2) is 6.61 Å². The lowest BCUT2D eigenvalue weighted by atomic mass is 10.1. The minimum atomic E-state index is -0.620. The zero-order valence-electron chi connectivity index (χ0n) is 25.0. The Morgan fingerprint density at radius 2 is 1.78 bits per heavy atom. The molecule has 3 amide bonds. The molecule has 0 spiro atoms. The van der Waals surface area contributed by atoms with Crippen molar-refractivity contribution in [3.05, 3.63) is 89.2 Å². The summed E-state index contributed by atoms with van der Waals surface area (Å²) in [6.45, 7) is 1.96. The highest BCUT2D eigenvalue weighted by Crippen LogP contribution is 2.31. The summed E-state index contributed by atoms with van der Waals surface area (Å²) in [5.41, 5.74) is 2.53. The normalized spacial score (nSPS) is 18.2. The van der Waals surface area contributed by atoms with Crippen LogP contribution in [0.15, 0.2) is 71.3 Å². The fraction of sp³-hybridized carbons (Fsp3) is 0.273. The second-order valence-corrected chi connectivity index (χ2v) is 10.7. The van der Waals surface area contributed by atoms with E-state index in [-0.39, 0.29) is 49.4 Å². The molecule has 3 aliphatic heterocycles. The third-order valence-corrected chi connectivity index (χ3v) is 7.76. The van der Waals surface area contributed by atoms with Crippen LogP contribution in [0.3, 0.4) is 0 Å². The Morgan fingerprint density at radius 1 is 0.956 bits per heavy atom. The zero-order chi connectivity index (χ0) is 31.5. The summed E-state index contributed by atoms with van der Waals surface area (Å²) in [5.74, 6) is 0.963. The van der Waals surface area contributed by atoms with Crippen LogP contribution in [0.5, 0.6) is 23.0 Å². The molecule has 0 radical (unpaired) electrons. The standard InChI is InChI=1S/C33H32N4O8/c1-19-30(31(36-45-19)20-7-5-4-6-8-20)33(40)37-16-26-28(17-37)44-23-10-9-21(27(14-23)42-3)15-34-29(38)18-43-25-12-22(32(39)35-26)11-24(13-25)41-2/h4-14,26,28H,15-18H2,1-3H3,(H,34,38)(H,35,39)/t26-,28-/m0/s1. The summed E-state index contributed by atoms with van der Waals surface area (Å²) in [6.07, 6.45) is -0.620. The van der Waals surface area contributed by atoms with Crippen molar-refractivity contribution >= 4 is 17.7 Å². The maximum atomic E-state index is 14.0. The zero-order valence-corrected chi connectivity index (χ0v) is 25.0. The van der Waals surface area contributed by atoms with E-state index >= 15 is 0 Å². The Labute approximate surface area is 259 Å².